The van der Waals surface area contributed by atoms with Crippen LogP contribution in [0.5, 0.6) is 0 Å². The SMILES string of the molecule is Cc1ccc(-c2nnc(SCC(=O)Nc3ccccc3S(C)(=O)=O)o2)cc1. The minimum atomic E-state index is -3.44. The van der Waals surface area contributed by atoms with Crippen LogP contribution in [0.15, 0.2) is 63.1 Å². The molecule has 0 saturated heterocycles. The summed E-state index contributed by atoms with van der Waals surface area (Å²) >= 11 is 1.08. The molecule has 1 heterocycles. The lowest BCUT2D eigenvalue weighted by molar-refractivity contribution is -0.113. The van der Waals surface area contributed by atoms with Crippen LogP contribution < -0.4 is 5.32 Å². The quantitative estimate of drug-likeness (QED) is 0.631. The lowest BCUT2D eigenvalue weighted by Gasteiger charge is -2.08. The minimum absolute atomic E-state index is 0.00757. The molecule has 0 radical (unpaired) electrons. The van der Waals surface area contributed by atoms with E-state index < -0.39 is 9.84 Å². The fourth-order valence-corrected chi connectivity index (χ4v) is 3.70. The molecule has 0 bridgehead atoms. The van der Waals surface area contributed by atoms with E-state index in [9.17, 15) is 13.2 Å². The first-order chi connectivity index (χ1) is 12.8. The van der Waals surface area contributed by atoms with E-state index in [0.29, 0.717) is 5.89 Å². The number of thioether (sulfide) groups is 1. The molecule has 1 N–H and O–H groups in total. The molecule has 1 amide bonds. The molecular formula is C18H17N3O4S2. The minimum Gasteiger partial charge on any atom is -0.411 e. The Labute approximate surface area is 161 Å². The van der Waals surface area contributed by atoms with E-state index in [1.165, 1.54) is 6.07 Å². The second-order valence-corrected chi connectivity index (χ2v) is 8.76. The van der Waals surface area contributed by atoms with Crippen LogP contribution in [0.4, 0.5) is 5.69 Å². The molecule has 27 heavy (non-hydrogen) atoms. The summed E-state index contributed by atoms with van der Waals surface area (Å²) in [5, 5.41) is 10.8. The van der Waals surface area contributed by atoms with Gasteiger partial charge in [-0.25, -0.2) is 8.42 Å². The van der Waals surface area contributed by atoms with Crippen molar-refractivity contribution in [1.29, 1.82) is 0 Å². The average Bonchev–Trinajstić information content (AvgIpc) is 3.09. The van der Waals surface area contributed by atoms with Gasteiger partial charge in [0.25, 0.3) is 5.22 Å². The number of anilines is 1. The maximum absolute atomic E-state index is 12.2. The highest BCUT2D eigenvalue weighted by Gasteiger charge is 2.16. The Morgan fingerprint density at radius 2 is 1.81 bits per heavy atom. The monoisotopic (exact) mass is 403 g/mol. The van der Waals surface area contributed by atoms with E-state index in [1.54, 1.807) is 18.2 Å². The Kier molecular flexibility index (Phi) is 5.62. The second-order valence-electron chi connectivity index (χ2n) is 5.84. The molecule has 0 fully saturated rings. The molecule has 1 aromatic heterocycles. The predicted molar refractivity (Wildman–Crippen MR) is 103 cm³/mol. The van der Waals surface area contributed by atoms with Gasteiger partial charge in [-0.2, -0.15) is 0 Å². The zero-order valence-electron chi connectivity index (χ0n) is 14.7. The number of aryl methyl sites for hydroxylation is 1. The summed E-state index contributed by atoms with van der Waals surface area (Å²) in [7, 11) is -3.44. The molecule has 0 atom stereocenters. The van der Waals surface area contributed by atoms with Crippen LogP contribution in [0.2, 0.25) is 0 Å². The molecule has 2 aromatic carbocycles. The molecule has 0 aliphatic rings. The van der Waals surface area contributed by atoms with Crippen molar-refractivity contribution in [3.8, 4) is 11.5 Å². The largest absolute Gasteiger partial charge is 0.411 e. The number of para-hydroxylation sites is 1. The molecule has 0 spiro atoms. The lowest BCUT2D eigenvalue weighted by atomic mass is 10.1. The zero-order valence-corrected chi connectivity index (χ0v) is 16.3. The average molecular weight is 403 g/mol. The zero-order chi connectivity index (χ0) is 19.4. The van der Waals surface area contributed by atoms with Gasteiger partial charge in [0.1, 0.15) is 0 Å². The summed E-state index contributed by atoms with van der Waals surface area (Å²) in [6.45, 7) is 1.99. The van der Waals surface area contributed by atoms with Gasteiger partial charge in [0.15, 0.2) is 9.84 Å². The number of nitrogens with one attached hydrogen (secondary N) is 1. The normalized spacial score (nSPS) is 11.3. The third-order valence-corrected chi connectivity index (χ3v) is 5.57. The van der Waals surface area contributed by atoms with Crippen molar-refractivity contribution in [3.63, 3.8) is 0 Å². The highest BCUT2D eigenvalue weighted by atomic mass is 32.2. The van der Waals surface area contributed by atoms with Crippen LogP contribution >= 0.6 is 11.8 Å². The third kappa shape index (κ3) is 4.95. The standard InChI is InChI=1S/C18H17N3O4S2/c1-12-7-9-13(10-8-12)17-20-21-18(25-17)26-11-16(22)19-14-5-3-4-6-15(14)27(2,23)24/h3-10H,11H2,1-2H3,(H,19,22). The fourth-order valence-electron chi connectivity index (χ4n) is 2.29. The Balaban J connectivity index is 1.63. The van der Waals surface area contributed by atoms with Gasteiger partial charge >= 0.3 is 0 Å². The molecule has 0 unspecified atom stereocenters. The van der Waals surface area contributed by atoms with Crippen LogP contribution in [0.25, 0.3) is 11.5 Å². The fraction of sp³-hybridized carbons (Fsp3) is 0.167. The van der Waals surface area contributed by atoms with Crippen molar-refractivity contribution in [2.24, 2.45) is 0 Å². The van der Waals surface area contributed by atoms with Gasteiger partial charge in [0, 0.05) is 11.8 Å². The molecule has 9 heteroatoms. The van der Waals surface area contributed by atoms with Crippen molar-refractivity contribution >= 4 is 33.2 Å². The number of hydrogen-bond donors (Lipinski definition) is 1. The van der Waals surface area contributed by atoms with E-state index in [4.69, 9.17) is 4.42 Å². The van der Waals surface area contributed by atoms with Crippen molar-refractivity contribution < 1.29 is 17.6 Å². The van der Waals surface area contributed by atoms with Crippen molar-refractivity contribution in [1.82, 2.24) is 10.2 Å². The van der Waals surface area contributed by atoms with E-state index in [0.717, 1.165) is 29.1 Å². The van der Waals surface area contributed by atoms with E-state index in [2.05, 4.69) is 15.5 Å². The van der Waals surface area contributed by atoms with Crippen LogP contribution in [-0.2, 0) is 14.6 Å². The Hall–Kier alpha value is -2.65. The number of benzene rings is 2. The van der Waals surface area contributed by atoms with Gasteiger partial charge in [-0.05, 0) is 31.2 Å². The molecule has 0 saturated carbocycles. The number of carbonyl (C=O) groups is 1. The van der Waals surface area contributed by atoms with Gasteiger partial charge in [-0.15, -0.1) is 10.2 Å². The Morgan fingerprint density at radius 1 is 1.11 bits per heavy atom. The number of sulfone groups is 1. The number of hydrogen-bond acceptors (Lipinski definition) is 7. The van der Waals surface area contributed by atoms with Crippen LogP contribution in [0, 0.1) is 6.92 Å². The maximum atomic E-state index is 12.2. The van der Waals surface area contributed by atoms with Gasteiger partial charge in [0.05, 0.1) is 16.3 Å². The van der Waals surface area contributed by atoms with Gasteiger partial charge < -0.3 is 9.73 Å². The molecule has 140 valence electrons. The lowest BCUT2D eigenvalue weighted by Crippen LogP contribution is -2.16. The summed E-state index contributed by atoms with van der Waals surface area (Å²) in [4.78, 5) is 12.2. The summed E-state index contributed by atoms with van der Waals surface area (Å²) < 4.78 is 29.1. The summed E-state index contributed by atoms with van der Waals surface area (Å²) in [5.41, 5.74) is 2.17. The van der Waals surface area contributed by atoms with E-state index >= 15 is 0 Å². The van der Waals surface area contributed by atoms with E-state index in [-0.39, 0.29) is 27.5 Å². The highest BCUT2D eigenvalue weighted by molar-refractivity contribution is 7.99. The molecule has 0 aliphatic heterocycles. The number of rotatable bonds is 6. The highest BCUT2D eigenvalue weighted by Crippen LogP contribution is 2.24. The van der Waals surface area contributed by atoms with Crippen LogP contribution in [-0.4, -0.2) is 36.5 Å². The van der Waals surface area contributed by atoms with Crippen molar-refractivity contribution in [2.75, 3.05) is 17.3 Å². The molecule has 7 nitrogen and oxygen atoms in total. The Bertz CT molecular complexity index is 1060. The maximum Gasteiger partial charge on any atom is 0.277 e. The molecular weight excluding hydrogens is 386 g/mol. The van der Waals surface area contributed by atoms with Crippen molar-refractivity contribution in [3.05, 3.63) is 54.1 Å². The number of amides is 1. The second kappa shape index (κ2) is 7.93. The molecule has 3 aromatic rings. The molecule has 0 aliphatic carbocycles. The van der Waals surface area contributed by atoms with Gasteiger partial charge in [0.2, 0.25) is 11.8 Å². The smallest absolute Gasteiger partial charge is 0.277 e. The number of nitrogens with zero attached hydrogens (tertiary/aromatic N) is 2. The summed E-state index contributed by atoms with van der Waals surface area (Å²) in [6.07, 6.45) is 1.10. The number of carbonyl (C=O) groups excluding carboxylic acids is 1. The molecule has 3 rings (SSSR count). The summed E-state index contributed by atoms with van der Waals surface area (Å²) in [5.74, 6) is 0.0136. The summed E-state index contributed by atoms with van der Waals surface area (Å²) in [6, 6.07) is 13.9. The Morgan fingerprint density at radius 3 is 2.52 bits per heavy atom. The third-order valence-electron chi connectivity index (χ3n) is 3.59. The first kappa shape index (κ1) is 19.1. The number of aromatic nitrogens is 2. The van der Waals surface area contributed by atoms with E-state index in [1.807, 2.05) is 31.2 Å². The van der Waals surface area contributed by atoms with Crippen LogP contribution in [0.3, 0.4) is 0 Å². The predicted octanol–water partition coefficient (Wildman–Crippen LogP) is 3.18. The van der Waals surface area contributed by atoms with Gasteiger partial charge in [-0.3, -0.25) is 4.79 Å². The topological polar surface area (TPSA) is 102 Å². The van der Waals surface area contributed by atoms with Gasteiger partial charge in [-0.1, -0.05) is 41.6 Å². The van der Waals surface area contributed by atoms with Crippen LogP contribution in [0.1, 0.15) is 5.56 Å². The first-order valence-electron chi connectivity index (χ1n) is 7.95. The first-order valence-corrected chi connectivity index (χ1v) is 10.8. The van der Waals surface area contributed by atoms with Crippen molar-refractivity contribution in [2.45, 2.75) is 17.0 Å².